The van der Waals surface area contributed by atoms with Gasteiger partial charge in [0, 0.05) is 17.1 Å². The molecule has 2 rings (SSSR count). The second-order valence-corrected chi connectivity index (χ2v) is 4.70. The lowest BCUT2D eigenvalue weighted by molar-refractivity contribution is -0.138. The van der Waals surface area contributed by atoms with Gasteiger partial charge in [0.25, 0.3) is 0 Å². The number of nitrogens with one attached hydrogen (secondary N) is 1. The van der Waals surface area contributed by atoms with Crippen LogP contribution in [-0.4, -0.2) is 16.1 Å². The summed E-state index contributed by atoms with van der Waals surface area (Å²) < 4.78 is 0. The highest BCUT2D eigenvalue weighted by Gasteiger charge is 2.26. The number of aliphatic carboxylic acids is 1. The molecule has 0 amide bonds. The van der Waals surface area contributed by atoms with E-state index >= 15 is 0 Å². The zero-order chi connectivity index (χ0) is 11.8. The number of carboxylic acid groups (broad SMARTS) is 1. The van der Waals surface area contributed by atoms with Gasteiger partial charge < -0.3 is 10.1 Å². The lowest BCUT2D eigenvalue weighted by Gasteiger charge is -2.23. The van der Waals surface area contributed by atoms with E-state index in [1.165, 1.54) is 0 Å². The Morgan fingerprint density at radius 2 is 2.12 bits per heavy atom. The highest BCUT2D eigenvalue weighted by molar-refractivity contribution is 5.84. The number of H-pyrrole nitrogens is 1. The number of fused-ring (bicyclic) bond motifs is 1. The lowest BCUT2D eigenvalue weighted by Crippen LogP contribution is -2.22. The van der Waals surface area contributed by atoms with Crippen LogP contribution in [0.15, 0.2) is 30.5 Å². The lowest BCUT2D eigenvalue weighted by atomic mass is 9.81. The fraction of sp³-hybridized carbons (Fsp3) is 0.308. The summed E-state index contributed by atoms with van der Waals surface area (Å²) in [7, 11) is 0. The molecule has 0 unspecified atom stereocenters. The van der Waals surface area contributed by atoms with Gasteiger partial charge in [-0.1, -0.05) is 32.0 Å². The number of carboxylic acids is 1. The quantitative estimate of drug-likeness (QED) is 0.830. The molecule has 0 spiro atoms. The molecule has 0 radical (unpaired) electrons. The summed E-state index contributed by atoms with van der Waals surface area (Å²) in [6, 6.07) is 7.97. The van der Waals surface area contributed by atoms with Gasteiger partial charge >= 0.3 is 5.97 Å². The highest BCUT2D eigenvalue weighted by atomic mass is 16.4. The molecule has 2 aromatic rings. The first-order valence-corrected chi connectivity index (χ1v) is 5.29. The van der Waals surface area contributed by atoms with Crippen molar-refractivity contribution < 1.29 is 9.90 Å². The summed E-state index contributed by atoms with van der Waals surface area (Å²) in [6.07, 6.45) is 2.01. The van der Waals surface area contributed by atoms with E-state index in [2.05, 4.69) is 4.98 Å². The van der Waals surface area contributed by atoms with Crippen molar-refractivity contribution in [3.63, 3.8) is 0 Å². The standard InChI is InChI=1S/C13H15NO2/c1-13(2,8-11(15)16)10-5-3-4-9-6-7-14-12(9)10/h3-7,14H,8H2,1-2H3,(H,15,16). The maximum atomic E-state index is 10.9. The summed E-state index contributed by atoms with van der Waals surface area (Å²) in [4.78, 5) is 14.0. The van der Waals surface area contributed by atoms with Gasteiger partial charge in [-0.05, 0) is 17.0 Å². The molecule has 0 bridgehead atoms. The van der Waals surface area contributed by atoms with Gasteiger partial charge in [0.05, 0.1) is 6.42 Å². The molecular formula is C13H15NO2. The molecule has 3 heteroatoms. The minimum atomic E-state index is -0.770. The zero-order valence-corrected chi connectivity index (χ0v) is 9.45. The molecule has 0 fully saturated rings. The van der Waals surface area contributed by atoms with Gasteiger partial charge in [-0.15, -0.1) is 0 Å². The molecule has 2 N–H and O–H groups in total. The van der Waals surface area contributed by atoms with Crippen LogP contribution in [0.1, 0.15) is 25.8 Å². The van der Waals surface area contributed by atoms with Crippen LogP contribution >= 0.6 is 0 Å². The van der Waals surface area contributed by atoms with Gasteiger partial charge in [0.2, 0.25) is 0 Å². The highest BCUT2D eigenvalue weighted by Crippen LogP contribution is 2.32. The molecule has 0 saturated carbocycles. The van der Waals surface area contributed by atoms with Crippen molar-refractivity contribution in [2.75, 3.05) is 0 Å². The number of aromatic nitrogens is 1. The van der Waals surface area contributed by atoms with E-state index in [0.29, 0.717) is 0 Å². The normalized spacial score (nSPS) is 11.9. The first-order valence-electron chi connectivity index (χ1n) is 5.29. The van der Waals surface area contributed by atoms with Gasteiger partial charge in [-0.2, -0.15) is 0 Å². The van der Waals surface area contributed by atoms with E-state index in [-0.39, 0.29) is 11.8 Å². The Bertz CT molecular complexity index is 525. The third-order valence-corrected chi connectivity index (χ3v) is 2.91. The molecule has 1 aromatic heterocycles. The van der Waals surface area contributed by atoms with Gasteiger partial charge in [0.15, 0.2) is 0 Å². The van der Waals surface area contributed by atoms with Crippen LogP contribution in [0, 0.1) is 0 Å². The zero-order valence-electron chi connectivity index (χ0n) is 9.45. The summed E-state index contributed by atoms with van der Waals surface area (Å²) in [5.41, 5.74) is 1.72. The Labute approximate surface area is 94.1 Å². The molecule has 0 aliphatic carbocycles. The Morgan fingerprint density at radius 1 is 1.38 bits per heavy atom. The van der Waals surface area contributed by atoms with Crippen molar-refractivity contribution in [1.82, 2.24) is 4.98 Å². The van der Waals surface area contributed by atoms with E-state index < -0.39 is 5.97 Å². The summed E-state index contributed by atoms with van der Waals surface area (Å²) in [5, 5.41) is 10.0. The first-order chi connectivity index (χ1) is 7.50. The maximum Gasteiger partial charge on any atom is 0.304 e. The number of para-hydroxylation sites is 1. The number of aromatic amines is 1. The van der Waals surface area contributed by atoms with Gasteiger partial charge in [-0.3, -0.25) is 4.79 Å². The van der Waals surface area contributed by atoms with E-state index in [9.17, 15) is 4.79 Å². The van der Waals surface area contributed by atoms with Gasteiger partial charge in [-0.25, -0.2) is 0 Å². The van der Waals surface area contributed by atoms with Gasteiger partial charge in [0.1, 0.15) is 0 Å². The van der Waals surface area contributed by atoms with Crippen LogP contribution in [-0.2, 0) is 10.2 Å². The molecule has 84 valence electrons. The van der Waals surface area contributed by atoms with Crippen LogP contribution in [0.2, 0.25) is 0 Å². The average Bonchev–Trinajstić information content (AvgIpc) is 2.62. The summed E-state index contributed by atoms with van der Waals surface area (Å²) in [6.45, 7) is 3.91. The molecular weight excluding hydrogens is 202 g/mol. The van der Waals surface area contributed by atoms with E-state index in [1.807, 2.05) is 44.3 Å². The van der Waals surface area contributed by atoms with Crippen LogP contribution in [0.3, 0.4) is 0 Å². The Kier molecular flexibility index (Phi) is 2.46. The molecule has 0 saturated heterocycles. The maximum absolute atomic E-state index is 10.9. The van der Waals surface area contributed by atoms with Crippen LogP contribution < -0.4 is 0 Å². The molecule has 1 heterocycles. The minimum Gasteiger partial charge on any atom is -0.481 e. The Hall–Kier alpha value is -1.77. The smallest absolute Gasteiger partial charge is 0.304 e. The Balaban J connectivity index is 2.53. The second-order valence-electron chi connectivity index (χ2n) is 4.70. The van der Waals surface area contributed by atoms with E-state index in [1.54, 1.807) is 0 Å². The molecule has 1 aromatic carbocycles. The van der Waals surface area contributed by atoms with E-state index in [4.69, 9.17) is 5.11 Å². The van der Waals surface area contributed by atoms with Crippen molar-refractivity contribution in [3.05, 3.63) is 36.0 Å². The monoisotopic (exact) mass is 217 g/mol. The summed E-state index contributed by atoms with van der Waals surface area (Å²) >= 11 is 0. The number of carbonyl (C=O) groups is 1. The van der Waals surface area contributed by atoms with Crippen molar-refractivity contribution in [2.24, 2.45) is 0 Å². The fourth-order valence-corrected chi connectivity index (χ4v) is 2.12. The first kappa shape index (κ1) is 10.7. The topological polar surface area (TPSA) is 53.1 Å². The summed E-state index contributed by atoms with van der Waals surface area (Å²) in [5.74, 6) is -0.770. The van der Waals surface area contributed by atoms with Crippen LogP contribution in [0.25, 0.3) is 10.9 Å². The molecule has 0 atom stereocenters. The molecule has 0 aliphatic heterocycles. The number of hydrogen-bond acceptors (Lipinski definition) is 1. The Morgan fingerprint density at radius 3 is 2.81 bits per heavy atom. The third kappa shape index (κ3) is 1.81. The minimum absolute atomic E-state index is 0.130. The molecule has 0 aliphatic rings. The average molecular weight is 217 g/mol. The van der Waals surface area contributed by atoms with Crippen molar-refractivity contribution >= 4 is 16.9 Å². The fourth-order valence-electron chi connectivity index (χ4n) is 2.12. The number of benzene rings is 1. The van der Waals surface area contributed by atoms with E-state index in [0.717, 1.165) is 16.5 Å². The second kappa shape index (κ2) is 3.67. The van der Waals surface area contributed by atoms with Crippen molar-refractivity contribution in [3.8, 4) is 0 Å². The van der Waals surface area contributed by atoms with Crippen molar-refractivity contribution in [1.29, 1.82) is 0 Å². The predicted octanol–water partition coefficient (Wildman–Crippen LogP) is 2.92. The molecule has 3 nitrogen and oxygen atoms in total. The van der Waals surface area contributed by atoms with Crippen molar-refractivity contribution in [2.45, 2.75) is 25.7 Å². The van der Waals surface area contributed by atoms with Crippen LogP contribution in [0.5, 0.6) is 0 Å². The number of hydrogen-bond donors (Lipinski definition) is 2. The largest absolute Gasteiger partial charge is 0.481 e. The third-order valence-electron chi connectivity index (χ3n) is 2.91. The predicted molar refractivity (Wildman–Crippen MR) is 63.6 cm³/mol. The van der Waals surface area contributed by atoms with Crippen LogP contribution in [0.4, 0.5) is 0 Å². The molecule has 16 heavy (non-hydrogen) atoms. The number of rotatable bonds is 3. The SMILES string of the molecule is CC(C)(CC(=O)O)c1cccc2cc[nH]c12.